The summed E-state index contributed by atoms with van der Waals surface area (Å²) in [5.74, 6) is 0.725. The number of aliphatic imine (C=N–C) groups is 1. The van der Waals surface area contributed by atoms with Crippen molar-refractivity contribution in [1.82, 2.24) is 20.3 Å². The Morgan fingerprint density at radius 1 is 1.35 bits per heavy atom. The van der Waals surface area contributed by atoms with E-state index in [-0.39, 0.29) is 0 Å². The molecule has 2 rings (SSSR count). The number of rotatable bonds is 6. The lowest BCUT2D eigenvalue weighted by molar-refractivity contribution is 0.256. The van der Waals surface area contributed by atoms with Crippen molar-refractivity contribution in [2.24, 2.45) is 4.99 Å². The zero-order valence-electron chi connectivity index (χ0n) is 14.9. The number of guanidine groups is 1. The fraction of sp³-hybridized carbons (Fsp3) is 0.933. The zero-order valence-corrected chi connectivity index (χ0v) is 15.7. The SMILES string of the molecule is CN=C(NCC(C)(C)NS(C)(=O)=O)NC1CC(C)N(C2CC2)C1. The van der Waals surface area contributed by atoms with E-state index in [1.54, 1.807) is 7.05 Å². The third-order valence-corrected chi connectivity index (χ3v) is 5.29. The van der Waals surface area contributed by atoms with Gasteiger partial charge >= 0.3 is 0 Å². The second-order valence-electron chi connectivity index (χ2n) is 7.54. The van der Waals surface area contributed by atoms with Crippen LogP contribution < -0.4 is 15.4 Å². The van der Waals surface area contributed by atoms with E-state index in [0.717, 1.165) is 25.0 Å². The van der Waals surface area contributed by atoms with Crippen LogP contribution >= 0.6 is 0 Å². The van der Waals surface area contributed by atoms with Gasteiger partial charge in [0.1, 0.15) is 0 Å². The minimum atomic E-state index is -3.23. The molecule has 1 heterocycles. The van der Waals surface area contributed by atoms with Crippen molar-refractivity contribution >= 4 is 16.0 Å². The van der Waals surface area contributed by atoms with Crippen molar-refractivity contribution in [3.05, 3.63) is 0 Å². The second kappa shape index (κ2) is 6.94. The van der Waals surface area contributed by atoms with E-state index in [9.17, 15) is 8.42 Å². The number of nitrogens with zero attached hydrogens (tertiary/aromatic N) is 2. The van der Waals surface area contributed by atoms with E-state index < -0.39 is 15.6 Å². The molecule has 2 aliphatic rings. The summed E-state index contributed by atoms with van der Waals surface area (Å²) in [5.41, 5.74) is -0.575. The third-order valence-electron chi connectivity index (χ3n) is 4.36. The molecule has 1 saturated heterocycles. The molecular formula is C15H31N5O2S. The van der Waals surface area contributed by atoms with Gasteiger partial charge in [0.15, 0.2) is 5.96 Å². The zero-order chi connectivity index (χ0) is 17.3. The third kappa shape index (κ3) is 5.93. The van der Waals surface area contributed by atoms with E-state index >= 15 is 0 Å². The second-order valence-corrected chi connectivity index (χ2v) is 9.29. The van der Waals surface area contributed by atoms with Gasteiger partial charge in [-0.15, -0.1) is 0 Å². The number of hydrogen-bond donors (Lipinski definition) is 3. The van der Waals surface area contributed by atoms with Crippen molar-refractivity contribution in [2.45, 2.75) is 63.7 Å². The topological polar surface area (TPSA) is 85.8 Å². The van der Waals surface area contributed by atoms with Crippen LogP contribution in [0.25, 0.3) is 0 Å². The smallest absolute Gasteiger partial charge is 0.209 e. The van der Waals surface area contributed by atoms with Crippen molar-refractivity contribution in [3.8, 4) is 0 Å². The molecule has 0 bridgehead atoms. The predicted octanol–water partition coefficient (Wildman–Crippen LogP) is 0.104. The molecule has 1 aliphatic carbocycles. The fourth-order valence-electron chi connectivity index (χ4n) is 3.31. The Hall–Kier alpha value is -0.860. The largest absolute Gasteiger partial charge is 0.355 e. The summed E-state index contributed by atoms with van der Waals surface area (Å²) in [5, 5.41) is 6.69. The molecule has 0 aromatic carbocycles. The van der Waals surface area contributed by atoms with Gasteiger partial charge < -0.3 is 10.6 Å². The molecule has 2 unspecified atom stereocenters. The maximum atomic E-state index is 11.4. The Balaban J connectivity index is 1.82. The van der Waals surface area contributed by atoms with E-state index in [4.69, 9.17) is 0 Å². The van der Waals surface area contributed by atoms with Gasteiger partial charge in [0.25, 0.3) is 0 Å². The molecule has 0 spiro atoms. The highest BCUT2D eigenvalue weighted by Gasteiger charge is 2.39. The van der Waals surface area contributed by atoms with Crippen molar-refractivity contribution in [2.75, 3.05) is 26.4 Å². The number of nitrogens with one attached hydrogen (secondary N) is 3. The van der Waals surface area contributed by atoms with E-state index in [1.165, 1.54) is 19.1 Å². The monoisotopic (exact) mass is 345 g/mol. The van der Waals surface area contributed by atoms with Gasteiger partial charge in [0.2, 0.25) is 10.0 Å². The molecule has 1 aliphatic heterocycles. The Kier molecular flexibility index (Phi) is 5.58. The molecule has 0 amide bonds. The van der Waals surface area contributed by atoms with Crippen LogP contribution in [0.15, 0.2) is 4.99 Å². The standard InChI is InChI=1S/C15H31N5O2S/c1-11-8-12(9-20(11)13-6-7-13)18-14(16-4)17-10-15(2,3)19-23(5,21)22/h11-13,19H,6-10H2,1-5H3,(H2,16,17,18). The molecular weight excluding hydrogens is 314 g/mol. The Bertz CT molecular complexity index is 542. The lowest BCUT2D eigenvalue weighted by Gasteiger charge is -2.27. The molecule has 3 N–H and O–H groups in total. The van der Waals surface area contributed by atoms with Crippen LogP contribution in [-0.2, 0) is 10.0 Å². The van der Waals surface area contributed by atoms with Crippen LogP contribution in [0.4, 0.5) is 0 Å². The van der Waals surface area contributed by atoms with E-state index in [0.29, 0.717) is 18.6 Å². The minimum absolute atomic E-state index is 0.391. The summed E-state index contributed by atoms with van der Waals surface area (Å²) >= 11 is 0. The minimum Gasteiger partial charge on any atom is -0.355 e. The highest BCUT2D eigenvalue weighted by Crippen LogP contribution is 2.33. The Labute approximate surface area is 140 Å². The number of hydrogen-bond acceptors (Lipinski definition) is 4. The molecule has 23 heavy (non-hydrogen) atoms. The van der Waals surface area contributed by atoms with Crippen LogP contribution in [-0.4, -0.2) is 69.3 Å². The molecule has 2 atom stereocenters. The van der Waals surface area contributed by atoms with Crippen LogP contribution in [0.1, 0.15) is 40.0 Å². The van der Waals surface area contributed by atoms with Crippen LogP contribution in [0.2, 0.25) is 0 Å². The number of sulfonamides is 1. The molecule has 1 saturated carbocycles. The predicted molar refractivity (Wildman–Crippen MR) is 94.2 cm³/mol. The first-order chi connectivity index (χ1) is 10.6. The molecule has 134 valence electrons. The average molecular weight is 346 g/mol. The Morgan fingerprint density at radius 2 is 2.00 bits per heavy atom. The van der Waals surface area contributed by atoms with Crippen molar-refractivity contribution in [3.63, 3.8) is 0 Å². The molecule has 7 nitrogen and oxygen atoms in total. The maximum absolute atomic E-state index is 11.4. The molecule has 0 radical (unpaired) electrons. The summed E-state index contributed by atoms with van der Waals surface area (Å²) in [6.45, 7) is 7.50. The maximum Gasteiger partial charge on any atom is 0.209 e. The molecule has 2 fully saturated rings. The lowest BCUT2D eigenvalue weighted by atomic mass is 10.1. The highest BCUT2D eigenvalue weighted by atomic mass is 32.2. The van der Waals surface area contributed by atoms with Crippen LogP contribution in [0.3, 0.4) is 0 Å². The highest BCUT2D eigenvalue weighted by molar-refractivity contribution is 7.88. The summed E-state index contributed by atoms with van der Waals surface area (Å²) in [7, 11) is -1.49. The van der Waals surface area contributed by atoms with Crippen molar-refractivity contribution < 1.29 is 8.42 Å². The average Bonchev–Trinajstić information content (AvgIpc) is 3.16. The van der Waals surface area contributed by atoms with E-state index in [2.05, 4.69) is 32.2 Å². The summed E-state index contributed by atoms with van der Waals surface area (Å²) in [6.07, 6.45) is 4.95. The van der Waals surface area contributed by atoms with Gasteiger partial charge in [0, 0.05) is 43.8 Å². The normalized spacial score (nSPS) is 27.3. The van der Waals surface area contributed by atoms with Crippen molar-refractivity contribution in [1.29, 1.82) is 0 Å². The fourth-order valence-corrected chi connectivity index (χ4v) is 4.38. The number of likely N-dealkylation sites (tertiary alicyclic amines) is 1. The van der Waals surface area contributed by atoms with Gasteiger partial charge in [-0.3, -0.25) is 9.89 Å². The Morgan fingerprint density at radius 3 is 2.52 bits per heavy atom. The lowest BCUT2D eigenvalue weighted by Crippen LogP contribution is -2.54. The molecule has 0 aromatic rings. The van der Waals surface area contributed by atoms with E-state index in [1.807, 2.05) is 13.8 Å². The van der Waals surface area contributed by atoms with Gasteiger partial charge in [-0.25, -0.2) is 13.1 Å². The van der Waals surface area contributed by atoms with Gasteiger partial charge in [-0.1, -0.05) is 0 Å². The first-order valence-electron chi connectivity index (χ1n) is 8.31. The first kappa shape index (κ1) is 18.5. The summed E-state index contributed by atoms with van der Waals surface area (Å²) in [6, 6.07) is 1.79. The van der Waals surface area contributed by atoms with Crippen LogP contribution in [0, 0.1) is 0 Å². The van der Waals surface area contributed by atoms with Gasteiger partial charge in [0.05, 0.1) is 6.26 Å². The molecule has 0 aromatic heterocycles. The van der Waals surface area contributed by atoms with Crippen LogP contribution in [0.5, 0.6) is 0 Å². The van der Waals surface area contributed by atoms with Gasteiger partial charge in [-0.05, 0) is 40.0 Å². The summed E-state index contributed by atoms with van der Waals surface area (Å²) in [4.78, 5) is 6.84. The summed E-state index contributed by atoms with van der Waals surface area (Å²) < 4.78 is 25.4. The molecule has 8 heteroatoms. The van der Waals surface area contributed by atoms with Gasteiger partial charge in [-0.2, -0.15) is 0 Å². The quantitative estimate of drug-likeness (QED) is 0.470. The first-order valence-corrected chi connectivity index (χ1v) is 10.2.